The molecule has 1 aliphatic rings. The SMILES string of the molecule is CC1CCCC1NC(=O)Nc1cccc(CN)c1. The number of nitrogens with two attached hydrogens (primary N) is 1. The second-order valence-corrected chi connectivity index (χ2v) is 5.02. The number of carbonyl (C=O) groups is 1. The van der Waals surface area contributed by atoms with Crippen molar-refractivity contribution in [3.05, 3.63) is 29.8 Å². The molecule has 2 amide bonds. The Kier molecular flexibility index (Phi) is 4.20. The molecule has 0 bridgehead atoms. The molecule has 1 aromatic rings. The quantitative estimate of drug-likeness (QED) is 0.768. The fourth-order valence-electron chi connectivity index (χ4n) is 2.47. The summed E-state index contributed by atoms with van der Waals surface area (Å²) < 4.78 is 0. The summed E-state index contributed by atoms with van der Waals surface area (Å²) in [7, 11) is 0. The molecule has 2 atom stereocenters. The second-order valence-electron chi connectivity index (χ2n) is 5.02. The zero-order chi connectivity index (χ0) is 13.0. The van der Waals surface area contributed by atoms with Gasteiger partial charge in [0.1, 0.15) is 0 Å². The molecule has 0 heterocycles. The second kappa shape index (κ2) is 5.87. The van der Waals surface area contributed by atoms with E-state index in [0.29, 0.717) is 18.5 Å². The van der Waals surface area contributed by atoms with Crippen LogP contribution in [0.15, 0.2) is 24.3 Å². The highest BCUT2D eigenvalue weighted by molar-refractivity contribution is 5.89. The lowest BCUT2D eigenvalue weighted by molar-refractivity contribution is 0.246. The van der Waals surface area contributed by atoms with E-state index >= 15 is 0 Å². The lowest BCUT2D eigenvalue weighted by Gasteiger charge is -2.17. The van der Waals surface area contributed by atoms with Gasteiger partial charge in [-0.15, -0.1) is 0 Å². The summed E-state index contributed by atoms with van der Waals surface area (Å²) in [6.07, 6.45) is 3.49. The third-order valence-corrected chi connectivity index (χ3v) is 3.60. The van der Waals surface area contributed by atoms with Crippen LogP contribution in [-0.4, -0.2) is 12.1 Å². The van der Waals surface area contributed by atoms with E-state index in [1.165, 1.54) is 12.8 Å². The number of hydrogen-bond donors (Lipinski definition) is 3. The minimum atomic E-state index is -0.122. The molecule has 98 valence electrons. The normalized spacial score (nSPS) is 22.8. The van der Waals surface area contributed by atoms with Gasteiger partial charge in [0, 0.05) is 18.3 Å². The molecular formula is C14H21N3O. The van der Waals surface area contributed by atoms with Crippen molar-refractivity contribution in [2.24, 2.45) is 11.7 Å². The average molecular weight is 247 g/mol. The van der Waals surface area contributed by atoms with Crippen LogP contribution in [-0.2, 0) is 6.54 Å². The van der Waals surface area contributed by atoms with Crippen molar-refractivity contribution in [2.45, 2.75) is 38.8 Å². The molecule has 0 aromatic heterocycles. The molecule has 1 saturated carbocycles. The third-order valence-electron chi connectivity index (χ3n) is 3.60. The fourth-order valence-corrected chi connectivity index (χ4v) is 2.47. The molecule has 4 nitrogen and oxygen atoms in total. The Labute approximate surface area is 108 Å². The van der Waals surface area contributed by atoms with Gasteiger partial charge in [-0.1, -0.05) is 25.5 Å². The van der Waals surface area contributed by atoms with Crippen LogP contribution in [0.2, 0.25) is 0 Å². The standard InChI is InChI=1S/C14H21N3O/c1-10-4-2-7-13(10)17-14(18)16-12-6-3-5-11(8-12)9-15/h3,5-6,8,10,13H,2,4,7,9,15H2,1H3,(H2,16,17,18). The van der Waals surface area contributed by atoms with Crippen molar-refractivity contribution >= 4 is 11.7 Å². The summed E-state index contributed by atoms with van der Waals surface area (Å²) in [5, 5.41) is 5.89. The number of rotatable bonds is 3. The third kappa shape index (κ3) is 3.23. The van der Waals surface area contributed by atoms with Crippen LogP contribution in [0.3, 0.4) is 0 Å². The molecule has 2 unspecified atom stereocenters. The summed E-state index contributed by atoms with van der Waals surface area (Å²) >= 11 is 0. The van der Waals surface area contributed by atoms with Crippen LogP contribution in [0.4, 0.5) is 10.5 Å². The zero-order valence-electron chi connectivity index (χ0n) is 10.8. The van der Waals surface area contributed by atoms with Crippen molar-refractivity contribution in [3.8, 4) is 0 Å². The van der Waals surface area contributed by atoms with E-state index in [1.807, 2.05) is 24.3 Å². The Balaban J connectivity index is 1.90. The van der Waals surface area contributed by atoms with E-state index in [0.717, 1.165) is 17.7 Å². The maximum atomic E-state index is 11.9. The van der Waals surface area contributed by atoms with Crippen molar-refractivity contribution in [2.75, 3.05) is 5.32 Å². The smallest absolute Gasteiger partial charge is 0.319 e. The molecular weight excluding hydrogens is 226 g/mol. The van der Waals surface area contributed by atoms with Gasteiger partial charge in [-0.2, -0.15) is 0 Å². The highest BCUT2D eigenvalue weighted by Gasteiger charge is 2.24. The molecule has 0 aliphatic heterocycles. The average Bonchev–Trinajstić information content (AvgIpc) is 2.75. The minimum absolute atomic E-state index is 0.122. The van der Waals surface area contributed by atoms with E-state index in [1.54, 1.807) is 0 Å². The largest absolute Gasteiger partial charge is 0.335 e. The highest BCUT2D eigenvalue weighted by atomic mass is 16.2. The van der Waals surface area contributed by atoms with Gasteiger partial charge in [-0.25, -0.2) is 4.79 Å². The first-order valence-electron chi connectivity index (χ1n) is 6.55. The number of anilines is 1. The highest BCUT2D eigenvalue weighted by Crippen LogP contribution is 2.24. The molecule has 0 spiro atoms. The van der Waals surface area contributed by atoms with Crippen LogP contribution in [0.1, 0.15) is 31.7 Å². The summed E-state index contributed by atoms with van der Waals surface area (Å²) in [6, 6.07) is 7.80. The van der Waals surface area contributed by atoms with Crippen molar-refractivity contribution in [3.63, 3.8) is 0 Å². The predicted molar refractivity (Wildman–Crippen MR) is 73.3 cm³/mol. The topological polar surface area (TPSA) is 67.2 Å². The van der Waals surface area contributed by atoms with Gasteiger partial charge in [-0.05, 0) is 36.5 Å². The molecule has 2 rings (SSSR count). The number of hydrogen-bond acceptors (Lipinski definition) is 2. The number of carbonyl (C=O) groups excluding carboxylic acids is 1. The van der Waals surface area contributed by atoms with Gasteiger partial charge >= 0.3 is 6.03 Å². The van der Waals surface area contributed by atoms with E-state index in [2.05, 4.69) is 17.6 Å². The van der Waals surface area contributed by atoms with Gasteiger partial charge < -0.3 is 16.4 Å². The van der Waals surface area contributed by atoms with Crippen LogP contribution >= 0.6 is 0 Å². The predicted octanol–water partition coefficient (Wildman–Crippen LogP) is 2.46. The monoisotopic (exact) mass is 247 g/mol. The molecule has 18 heavy (non-hydrogen) atoms. The number of amides is 2. The van der Waals surface area contributed by atoms with Crippen molar-refractivity contribution in [1.82, 2.24) is 5.32 Å². The first-order chi connectivity index (χ1) is 8.69. The van der Waals surface area contributed by atoms with Gasteiger partial charge in [0.05, 0.1) is 0 Å². The molecule has 0 radical (unpaired) electrons. The van der Waals surface area contributed by atoms with Crippen LogP contribution < -0.4 is 16.4 Å². The maximum Gasteiger partial charge on any atom is 0.319 e. The molecule has 0 saturated heterocycles. The van der Waals surface area contributed by atoms with Gasteiger partial charge in [0.15, 0.2) is 0 Å². The van der Waals surface area contributed by atoms with Gasteiger partial charge in [0.2, 0.25) is 0 Å². The van der Waals surface area contributed by atoms with E-state index < -0.39 is 0 Å². The molecule has 4 heteroatoms. The maximum absolute atomic E-state index is 11.9. The summed E-state index contributed by atoms with van der Waals surface area (Å²) in [4.78, 5) is 11.9. The van der Waals surface area contributed by atoms with Crippen LogP contribution in [0.5, 0.6) is 0 Å². The first kappa shape index (κ1) is 12.9. The Morgan fingerprint density at radius 2 is 2.28 bits per heavy atom. The minimum Gasteiger partial charge on any atom is -0.335 e. The Bertz CT molecular complexity index is 419. The lowest BCUT2D eigenvalue weighted by atomic mass is 10.1. The lowest BCUT2D eigenvalue weighted by Crippen LogP contribution is -2.39. The molecule has 1 aromatic carbocycles. The van der Waals surface area contributed by atoms with Gasteiger partial charge in [-0.3, -0.25) is 0 Å². The summed E-state index contributed by atoms with van der Waals surface area (Å²) in [5.41, 5.74) is 7.38. The van der Waals surface area contributed by atoms with Crippen molar-refractivity contribution in [1.29, 1.82) is 0 Å². The zero-order valence-corrected chi connectivity index (χ0v) is 10.8. The Hall–Kier alpha value is -1.55. The number of benzene rings is 1. The van der Waals surface area contributed by atoms with Crippen molar-refractivity contribution < 1.29 is 4.79 Å². The van der Waals surface area contributed by atoms with Gasteiger partial charge in [0.25, 0.3) is 0 Å². The van der Waals surface area contributed by atoms with E-state index in [9.17, 15) is 4.79 Å². The molecule has 4 N–H and O–H groups in total. The van der Waals surface area contributed by atoms with Crippen LogP contribution in [0.25, 0.3) is 0 Å². The summed E-state index contributed by atoms with van der Waals surface area (Å²) in [5.74, 6) is 0.575. The van der Waals surface area contributed by atoms with E-state index in [4.69, 9.17) is 5.73 Å². The molecule has 1 aliphatic carbocycles. The Morgan fingerprint density at radius 1 is 1.44 bits per heavy atom. The molecule has 1 fully saturated rings. The van der Waals surface area contributed by atoms with Crippen LogP contribution in [0, 0.1) is 5.92 Å². The Morgan fingerprint density at radius 3 is 2.94 bits per heavy atom. The summed E-state index contributed by atoms with van der Waals surface area (Å²) in [6.45, 7) is 2.67. The van der Waals surface area contributed by atoms with E-state index in [-0.39, 0.29) is 6.03 Å². The number of urea groups is 1. The number of nitrogens with one attached hydrogen (secondary N) is 2. The first-order valence-corrected chi connectivity index (χ1v) is 6.55. The fraction of sp³-hybridized carbons (Fsp3) is 0.500.